The molecule has 170 valence electrons. The number of hydrogen-bond acceptors (Lipinski definition) is 2. The second-order valence-electron chi connectivity index (χ2n) is 10.2. The second kappa shape index (κ2) is 7.91. The van der Waals surface area contributed by atoms with Gasteiger partial charge >= 0.3 is 0 Å². The number of allylic oxidation sites excluding steroid dienone is 6. The minimum absolute atomic E-state index is 0.0262. The molecule has 3 aromatic carbocycles. The van der Waals surface area contributed by atoms with Gasteiger partial charge in [-0.15, -0.1) is 0 Å². The van der Waals surface area contributed by atoms with E-state index >= 15 is 0 Å². The van der Waals surface area contributed by atoms with E-state index in [1.165, 1.54) is 50.3 Å². The minimum Gasteiger partial charge on any atom is -0.487 e. The molecule has 35 heavy (non-hydrogen) atoms. The van der Waals surface area contributed by atoms with Crippen molar-refractivity contribution in [1.82, 2.24) is 0 Å². The number of anilines is 2. The predicted molar refractivity (Wildman–Crippen MR) is 147 cm³/mol. The Balaban J connectivity index is 1.41. The van der Waals surface area contributed by atoms with E-state index in [2.05, 4.69) is 116 Å². The molecule has 0 saturated carbocycles. The molecule has 2 heterocycles. The first-order valence-corrected chi connectivity index (χ1v) is 12.7. The number of nitrogens with zero attached hydrogens (tertiary/aromatic N) is 1. The summed E-state index contributed by atoms with van der Waals surface area (Å²) >= 11 is 0. The Kier molecular flexibility index (Phi) is 4.67. The summed E-state index contributed by atoms with van der Waals surface area (Å²) in [5, 5.41) is 0. The fraction of sp³-hybridized carbons (Fsp3) is 0.188. The first-order chi connectivity index (χ1) is 17.2. The van der Waals surface area contributed by atoms with E-state index in [4.69, 9.17) is 4.74 Å². The summed E-state index contributed by atoms with van der Waals surface area (Å²) in [5.41, 5.74) is 12.0. The van der Waals surface area contributed by atoms with Crippen LogP contribution in [-0.2, 0) is 0 Å². The highest BCUT2D eigenvalue weighted by Crippen LogP contribution is 2.48. The molecule has 3 heteroatoms. The van der Waals surface area contributed by atoms with Crippen LogP contribution in [0.4, 0.5) is 11.4 Å². The van der Waals surface area contributed by atoms with Gasteiger partial charge in [-0.2, -0.15) is 0 Å². The van der Waals surface area contributed by atoms with Crippen LogP contribution in [0.2, 0.25) is 5.82 Å². The zero-order valence-corrected chi connectivity index (χ0v) is 20.2. The monoisotopic (exact) mass is 453 g/mol. The van der Waals surface area contributed by atoms with Gasteiger partial charge < -0.3 is 9.64 Å². The summed E-state index contributed by atoms with van der Waals surface area (Å²) in [5.74, 6) is 1.30. The lowest BCUT2D eigenvalue weighted by atomic mass is 9.29. The third-order valence-corrected chi connectivity index (χ3v) is 7.96. The fourth-order valence-electron chi connectivity index (χ4n) is 6.27. The third kappa shape index (κ3) is 3.25. The van der Waals surface area contributed by atoms with E-state index in [0.29, 0.717) is 6.71 Å². The van der Waals surface area contributed by atoms with Gasteiger partial charge in [-0.1, -0.05) is 83.4 Å². The first-order valence-electron chi connectivity index (χ1n) is 12.7. The van der Waals surface area contributed by atoms with E-state index in [-0.39, 0.29) is 11.9 Å². The number of benzene rings is 3. The molecule has 7 rings (SSSR count). The minimum atomic E-state index is 0.0262. The molecule has 0 spiro atoms. The molecule has 2 nitrogen and oxygen atoms in total. The van der Waals surface area contributed by atoms with Crippen LogP contribution in [-0.4, -0.2) is 12.8 Å². The van der Waals surface area contributed by atoms with Crippen molar-refractivity contribution in [2.45, 2.75) is 38.6 Å². The van der Waals surface area contributed by atoms with Gasteiger partial charge in [0.15, 0.2) is 0 Å². The largest absolute Gasteiger partial charge is 0.487 e. The van der Waals surface area contributed by atoms with Gasteiger partial charge in [0, 0.05) is 22.9 Å². The molecular weight excluding hydrogens is 425 g/mol. The molecule has 0 fully saturated rings. The molecule has 0 bridgehead atoms. The molecule has 0 saturated heterocycles. The smallest absolute Gasteiger partial charge is 0.230 e. The Morgan fingerprint density at radius 3 is 2.54 bits per heavy atom. The summed E-state index contributed by atoms with van der Waals surface area (Å²) < 4.78 is 6.75. The lowest BCUT2D eigenvalue weighted by Crippen LogP contribution is -2.53. The summed E-state index contributed by atoms with van der Waals surface area (Å²) in [6.45, 7) is 4.73. The van der Waals surface area contributed by atoms with Crippen molar-refractivity contribution in [2.24, 2.45) is 0 Å². The van der Waals surface area contributed by atoms with Gasteiger partial charge in [0.1, 0.15) is 11.9 Å². The molecule has 2 aliphatic heterocycles. The Morgan fingerprint density at radius 2 is 1.71 bits per heavy atom. The third-order valence-electron chi connectivity index (χ3n) is 7.96. The van der Waals surface area contributed by atoms with E-state index in [0.717, 1.165) is 18.6 Å². The van der Waals surface area contributed by atoms with Crippen molar-refractivity contribution in [3.8, 4) is 5.75 Å². The number of aryl methyl sites for hydroxylation is 1. The van der Waals surface area contributed by atoms with E-state index in [9.17, 15) is 0 Å². The predicted octanol–water partition coefficient (Wildman–Crippen LogP) is 7.17. The standard InChI is InChI=1S/C32H28BNO/c1-21-11-15-25(16-12-21)34-28-18-13-22(2)19-27(28)33-26-17-14-24(23-7-4-3-5-8-23)20-31(26)35-30-10-6-9-29(34)32(30)33/h3-12,14-17,19-20,26,31H,13,18H2,1-2H3. The molecule has 4 aliphatic rings. The normalized spacial score (nSPS) is 22.0. The summed E-state index contributed by atoms with van der Waals surface area (Å²) in [4.78, 5) is 2.49. The van der Waals surface area contributed by atoms with Crippen LogP contribution < -0.4 is 15.1 Å². The quantitative estimate of drug-likeness (QED) is 0.382. The Labute approximate surface area is 208 Å². The van der Waals surface area contributed by atoms with Crippen LogP contribution >= 0.6 is 0 Å². The van der Waals surface area contributed by atoms with Gasteiger partial charge in [0.05, 0.1) is 0 Å². The van der Waals surface area contributed by atoms with Crippen LogP contribution in [0.1, 0.15) is 30.9 Å². The van der Waals surface area contributed by atoms with Crippen LogP contribution in [0.5, 0.6) is 5.75 Å². The van der Waals surface area contributed by atoms with Gasteiger partial charge in [0.2, 0.25) is 6.71 Å². The Hall–Kier alpha value is -3.72. The van der Waals surface area contributed by atoms with Gasteiger partial charge in [0.25, 0.3) is 0 Å². The zero-order valence-electron chi connectivity index (χ0n) is 20.2. The first kappa shape index (κ1) is 20.6. The topological polar surface area (TPSA) is 12.5 Å². The van der Waals surface area contributed by atoms with E-state index < -0.39 is 0 Å². The van der Waals surface area contributed by atoms with Gasteiger partial charge in [-0.25, -0.2) is 0 Å². The molecule has 0 aromatic heterocycles. The lowest BCUT2D eigenvalue weighted by molar-refractivity contribution is 0.247. The molecule has 0 N–H and O–H groups in total. The van der Waals surface area contributed by atoms with Crippen LogP contribution in [0.25, 0.3) is 5.57 Å². The maximum absolute atomic E-state index is 6.75. The van der Waals surface area contributed by atoms with E-state index in [1.807, 2.05) is 0 Å². The summed E-state index contributed by atoms with van der Waals surface area (Å²) in [7, 11) is 0. The highest BCUT2D eigenvalue weighted by molar-refractivity contribution is 6.85. The molecule has 3 aromatic rings. The van der Waals surface area contributed by atoms with Crippen molar-refractivity contribution in [3.05, 3.63) is 125 Å². The molecule has 2 unspecified atom stereocenters. The highest BCUT2D eigenvalue weighted by Gasteiger charge is 2.48. The molecule has 2 atom stereocenters. The molecular formula is C32H28BNO. The average molecular weight is 453 g/mol. The summed E-state index contributed by atoms with van der Waals surface area (Å²) in [6.07, 6.45) is 11.7. The average Bonchev–Trinajstić information content (AvgIpc) is 2.89. The Bertz CT molecular complexity index is 1440. The molecule has 2 aliphatic carbocycles. The fourth-order valence-corrected chi connectivity index (χ4v) is 6.27. The van der Waals surface area contributed by atoms with Crippen LogP contribution in [0.15, 0.2) is 114 Å². The van der Waals surface area contributed by atoms with Crippen LogP contribution in [0, 0.1) is 6.92 Å². The molecule has 0 amide bonds. The van der Waals surface area contributed by atoms with Crippen molar-refractivity contribution < 1.29 is 4.74 Å². The molecule has 0 radical (unpaired) electrons. The van der Waals surface area contributed by atoms with Crippen molar-refractivity contribution in [3.63, 3.8) is 0 Å². The second-order valence-corrected chi connectivity index (χ2v) is 10.2. The lowest BCUT2D eigenvalue weighted by Gasteiger charge is -2.46. The SMILES string of the molecule is CC1=CC2=C(CC1)N(c1ccc(C)cc1)c1cccc3c1B2C1C=CC(c2ccccc2)=CC1O3. The van der Waals surface area contributed by atoms with E-state index in [1.54, 1.807) is 0 Å². The maximum Gasteiger partial charge on any atom is 0.230 e. The van der Waals surface area contributed by atoms with Gasteiger partial charge in [-0.3, -0.25) is 0 Å². The zero-order chi connectivity index (χ0) is 23.5. The van der Waals surface area contributed by atoms with Crippen molar-refractivity contribution in [1.29, 1.82) is 0 Å². The maximum atomic E-state index is 6.75. The number of ether oxygens (including phenoxy) is 1. The van der Waals surface area contributed by atoms with Crippen LogP contribution in [0.3, 0.4) is 0 Å². The summed E-state index contributed by atoms with van der Waals surface area (Å²) in [6, 6.07) is 26.2. The van der Waals surface area contributed by atoms with Gasteiger partial charge in [-0.05, 0) is 73.6 Å². The van der Waals surface area contributed by atoms with Crippen molar-refractivity contribution in [2.75, 3.05) is 4.90 Å². The van der Waals surface area contributed by atoms with Crippen molar-refractivity contribution >= 4 is 29.1 Å². The number of hydrogen-bond donors (Lipinski definition) is 0. The number of rotatable bonds is 2. The number of fused-ring (bicyclic) bond motifs is 3. The highest BCUT2D eigenvalue weighted by atomic mass is 16.5. The Morgan fingerprint density at radius 1 is 0.886 bits per heavy atom.